The van der Waals surface area contributed by atoms with Crippen LogP contribution in [0.3, 0.4) is 0 Å². The van der Waals surface area contributed by atoms with E-state index in [0.29, 0.717) is 0 Å². The molecule has 0 amide bonds. The first-order valence-electron chi connectivity index (χ1n) is 8.26. The number of methoxy groups -OCH3 is 1. The fourth-order valence-electron chi connectivity index (χ4n) is 2.30. The minimum Gasteiger partial charge on any atom is -0.493 e. The molecule has 0 saturated heterocycles. The summed E-state index contributed by atoms with van der Waals surface area (Å²) in [5.74, 6) is 1.64. The normalized spacial score (nSPS) is 12.2. The summed E-state index contributed by atoms with van der Waals surface area (Å²) in [5, 5.41) is 0. The molecule has 3 heteroatoms. The van der Waals surface area contributed by atoms with Crippen molar-refractivity contribution in [3.63, 3.8) is 0 Å². The van der Waals surface area contributed by atoms with Crippen molar-refractivity contribution in [1.29, 1.82) is 0 Å². The Balaban J connectivity index is 2.51. The van der Waals surface area contributed by atoms with Crippen LogP contribution in [0.15, 0.2) is 18.2 Å². The van der Waals surface area contributed by atoms with Crippen LogP contribution in [0, 0.1) is 0 Å². The number of unbranched alkanes of at least 4 members (excludes halogenated alkanes) is 4. The molecular formula is C18H31NO2. The molecule has 1 unspecified atom stereocenters. The van der Waals surface area contributed by atoms with Gasteiger partial charge in [0, 0.05) is 6.04 Å². The molecule has 1 aromatic rings. The Labute approximate surface area is 129 Å². The predicted molar refractivity (Wildman–Crippen MR) is 89.2 cm³/mol. The average molecular weight is 293 g/mol. The number of ether oxygens (including phenoxy) is 2. The Bertz CT molecular complexity index is 393. The van der Waals surface area contributed by atoms with Crippen LogP contribution in [0.5, 0.6) is 11.5 Å². The highest BCUT2D eigenvalue weighted by molar-refractivity contribution is 5.43. The van der Waals surface area contributed by atoms with Gasteiger partial charge in [0.05, 0.1) is 13.7 Å². The quantitative estimate of drug-likeness (QED) is 0.618. The first kappa shape index (κ1) is 17.8. The van der Waals surface area contributed by atoms with Crippen LogP contribution < -0.4 is 15.2 Å². The largest absolute Gasteiger partial charge is 0.493 e. The standard InChI is InChI=1S/C18H31NO2/c1-4-6-7-8-9-12-21-18-14-15(13-16(19)5-2)10-11-17(18)20-3/h10-11,14,16H,4-9,12-13,19H2,1-3H3. The van der Waals surface area contributed by atoms with E-state index in [1.165, 1.54) is 31.2 Å². The van der Waals surface area contributed by atoms with E-state index < -0.39 is 0 Å². The van der Waals surface area contributed by atoms with Gasteiger partial charge in [0.1, 0.15) is 0 Å². The molecule has 1 atom stereocenters. The van der Waals surface area contributed by atoms with Crippen LogP contribution >= 0.6 is 0 Å². The number of nitrogens with two attached hydrogens (primary N) is 1. The third-order valence-electron chi connectivity index (χ3n) is 3.76. The molecule has 0 aliphatic carbocycles. The van der Waals surface area contributed by atoms with Gasteiger partial charge in [-0.1, -0.05) is 45.6 Å². The summed E-state index contributed by atoms with van der Waals surface area (Å²) >= 11 is 0. The second-order valence-corrected chi connectivity index (χ2v) is 5.62. The lowest BCUT2D eigenvalue weighted by Crippen LogP contribution is -2.21. The summed E-state index contributed by atoms with van der Waals surface area (Å²) in [6, 6.07) is 6.33. The van der Waals surface area contributed by atoms with Crippen molar-refractivity contribution in [1.82, 2.24) is 0 Å². The van der Waals surface area contributed by atoms with E-state index in [2.05, 4.69) is 26.0 Å². The van der Waals surface area contributed by atoms with Crippen molar-refractivity contribution < 1.29 is 9.47 Å². The van der Waals surface area contributed by atoms with Gasteiger partial charge >= 0.3 is 0 Å². The zero-order chi connectivity index (χ0) is 15.5. The lowest BCUT2D eigenvalue weighted by molar-refractivity contribution is 0.284. The monoisotopic (exact) mass is 293 g/mol. The van der Waals surface area contributed by atoms with Crippen LogP contribution in [-0.4, -0.2) is 19.8 Å². The smallest absolute Gasteiger partial charge is 0.161 e. The third-order valence-corrected chi connectivity index (χ3v) is 3.76. The number of hydrogen-bond donors (Lipinski definition) is 1. The highest BCUT2D eigenvalue weighted by Crippen LogP contribution is 2.28. The second-order valence-electron chi connectivity index (χ2n) is 5.62. The van der Waals surface area contributed by atoms with E-state index in [1.54, 1.807) is 7.11 Å². The first-order valence-corrected chi connectivity index (χ1v) is 8.26. The number of rotatable bonds is 11. The summed E-state index contributed by atoms with van der Waals surface area (Å²) in [4.78, 5) is 0. The van der Waals surface area contributed by atoms with Crippen molar-refractivity contribution in [3.8, 4) is 11.5 Å². The van der Waals surface area contributed by atoms with E-state index >= 15 is 0 Å². The Hall–Kier alpha value is -1.22. The Morgan fingerprint density at radius 2 is 1.81 bits per heavy atom. The molecule has 0 fully saturated rings. The van der Waals surface area contributed by atoms with Crippen molar-refractivity contribution >= 4 is 0 Å². The highest BCUT2D eigenvalue weighted by Gasteiger charge is 2.08. The zero-order valence-electron chi connectivity index (χ0n) is 13.9. The summed E-state index contributed by atoms with van der Waals surface area (Å²) < 4.78 is 11.3. The summed E-state index contributed by atoms with van der Waals surface area (Å²) in [5.41, 5.74) is 7.24. The van der Waals surface area contributed by atoms with E-state index in [9.17, 15) is 0 Å². The average Bonchev–Trinajstić information content (AvgIpc) is 2.51. The summed E-state index contributed by atoms with van der Waals surface area (Å²) in [7, 11) is 1.68. The molecule has 0 radical (unpaired) electrons. The van der Waals surface area contributed by atoms with Gasteiger partial charge in [0.15, 0.2) is 11.5 Å². The minimum atomic E-state index is 0.209. The summed E-state index contributed by atoms with van der Waals surface area (Å²) in [6.07, 6.45) is 8.08. The second kappa shape index (κ2) is 10.5. The molecule has 1 rings (SSSR count). The lowest BCUT2D eigenvalue weighted by Gasteiger charge is -2.14. The van der Waals surface area contributed by atoms with Crippen molar-refractivity contribution in [3.05, 3.63) is 23.8 Å². The van der Waals surface area contributed by atoms with Crippen LogP contribution in [0.4, 0.5) is 0 Å². The van der Waals surface area contributed by atoms with Gasteiger partial charge in [0.2, 0.25) is 0 Å². The van der Waals surface area contributed by atoms with E-state index in [1.807, 2.05) is 6.07 Å². The highest BCUT2D eigenvalue weighted by atomic mass is 16.5. The predicted octanol–water partition coefficient (Wildman–Crippen LogP) is 4.32. The molecule has 2 N–H and O–H groups in total. The van der Waals surface area contributed by atoms with Gasteiger partial charge in [-0.2, -0.15) is 0 Å². The molecule has 1 aromatic carbocycles. The van der Waals surface area contributed by atoms with Crippen molar-refractivity contribution in [2.75, 3.05) is 13.7 Å². The van der Waals surface area contributed by atoms with Gasteiger partial charge < -0.3 is 15.2 Å². The maximum atomic E-state index is 6.02. The van der Waals surface area contributed by atoms with Crippen LogP contribution in [0.2, 0.25) is 0 Å². The molecule has 0 heterocycles. The molecule has 0 spiro atoms. The molecule has 21 heavy (non-hydrogen) atoms. The molecule has 0 bridgehead atoms. The molecule has 0 saturated carbocycles. The molecule has 0 aliphatic heterocycles. The fraction of sp³-hybridized carbons (Fsp3) is 0.667. The Morgan fingerprint density at radius 3 is 2.48 bits per heavy atom. The third kappa shape index (κ3) is 6.85. The van der Waals surface area contributed by atoms with Crippen LogP contribution in [0.1, 0.15) is 57.9 Å². The van der Waals surface area contributed by atoms with Gasteiger partial charge in [-0.05, 0) is 37.0 Å². The molecule has 120 valence electrons. The molecule has 0 aromatic heterocycles. The van der Waals surface area contributed by atoms with Gasteiger partial charge in [0.25, 0.3) is 0 Å². The topological polar surface area (TPSA) is 44.5 Å². The van der Waals surface area contributed by atoms with Crippen molar-refractivity contribution in [2.45, 2.75) is 64.8 Å². The van der Waals surface area contributed by atoms with Crippen molar-refractivity contribution in [2.24, 2.45) is 5.73 Å². The maximum Gasteiger partial charge on any atom is 0.161 e. The SMILES string of the molecule is CCCCCCCOc1cc(CC(N)CC)ccc1OC. The zero-order valence-corrected chi connectivity index (χ0v) is 13.9. The number of benzene rings is 1. The van der Waals surface area contributed by atoms with Gasteiger partial charge in [-0.3, -0.25) is 0 Å². The van der Waals surface area contributed by atoms with Crippen LogP contribution in [0.25, 0.3) is 0 Å². The van der Waals surface area contributed by atoms with E-state index in [0.717, 1.165) is 37.4 Å². The minimum absolute atomic E-state index is 0.209. The van der Waals surface area contributed by atoms with Crippen LogP contribution in [-0.2, 0) is 6.42 Å². The molecule has 0 aliphatic rings. The Morgan fingerprint density at radius 1 is 1.05 bits per heavy atom. The Kier molecular flexibility index (Phi) is 8.91. The lowest BCUT2D eigenvalue weighted by atomic mass is 10.0. The molecule has 3 nitrogen and oxygen atoms in total. The number of hydrogen-bond acceptors (Lipinski definition) is 3. The molecular weight excluding hydrogens is 262 g/mol. The first-order chi connectivity index (χ1) is 10.2. The van der Waals surface area contributed by atoms with Gasteiger partial charge in [-0.15, -0.1) is 0 Å². The van der Waals surface area contributed by atoms with E-state index in [4.69, 9.17) is 15.2 Å². The van der Waals surface area contributed by atoms with Gasteiger partial charge in [-0.25, -0.2) is 0 Å². The maximum absolute atomic E-state index is 6.02. The fourth-order valence-corrected chi connectivity index (χ4v) is 2.30. The summed E-state index contributed by atoms with van der Waals surface area (Å²) in [6.45, 7) is 5.10. The van der Waals surface area contributed by atoms with E-state index in [-0.39, 0.29) is 6.04 Å².